The van der Waals surface area contributed by atoms with E-state index in [1.165, 1.54) is 0 Å². The molecule has 17 heavy (non-hydrogen) atoms. The summed E-state index contributed by atoms with van der Waals surface area (Å²) in [5.41, 5.74) is 14.3. The third-order valence-electron chi connectivity index (χ3n) is 2.45. The summed E-state index contributed by atoms with van der Waals surface area (Å²) in [6, 6.07) is 3.98. The molecule has 0 aliphatic rings. The lowest BCUT2D eigenvalue weighted by Gasteiger charge is -2.07. The zero-order valence-corrected chi connectivity index (χ0v) is 9.86. The molecule has 0 aliphatic carbocycles. The molecule has 2 aromatic rings. The van der Waals surface area contributed by atoms with E-state index in [9.17, 15) is 0 Å². The van der Waals surface area contributed by atoms with Crippen molar-refractivity contribution in [1.82, 2.24) is 15.3 Å². The lowest BCUT2D eigenvalue weighted by Crippen LogP contribution is -2.02. The molecule has 1 heterocycles. The number of hydrogen-bond donors (Lipinski definition) is 3. The van der Waals surface area contributed by atoms with Crippen LogP contribution in [0.4, 0.5) is 11.8 Å². The van der Waals surface area contributed by atoms with Crippen molar-refractivity contribution in [2.45, 2.75) is 6.92 Å². The summed E-state index contributed by atoms with van der Waals surface area (Å²) in [5, 5.41) is 3.77. The SMILES string of the molecule is CN/C=C\c1cc(C)cc2nc(N)nc(N)c12. The molecule has 0 saturated carbocycles. The largest absolute Gasteiger partial charge is 0.394 e. The average molecular weight is 229 g/mol. The fourth-order valence-corrected chi connectivity index (χ4v) is 1.79. The van der Waals surface area contributed by atoms with Crippen LogP contribution in [-0.2, 0) is 0 Å². The number of nitrogens with two attached hydrogens (primary N) is 2. The van der Waals surface area contributed by atoms with Crippen molar-refractivity contribution in [2.75, 3.05) is 18.5 Å². The number of anilines is 2. The molecule has 0 radical (unpaired) electrons. The Labute approximate surface area is 99.6 Å². The van der Waals surface area contributed by atoms with Crippen LogP contribution in [0.15, 0.2) is 18.3 Å². The zero-order chi connectivity index (χ0) is 12.4. The van der Waals surface area contributed by atoms with Gasteiger partial charge in [0.1, 0.15) is 5.82 Å². The Morgan fingerprint density at radius 2 is 2.00 bits per heavy atom. The van der Waals surface area contributed by atoms with Gasteiger partial charge in [-0.3, -0.25) is 0 Å². The monoisotopic (exact) mass is 229 g/mol. The molecule has 0 atom stereocenters. The van der Waals surface area contributed by atoms with E-state index in [0.29, 0.717) is 5.82 Å². The first-order valence-corrected chi connectivity index (χ1v) is 5.29. The van der Waals surface area contributed by atoms with E-state index >= 15 is 0 Å². The van der Waals surface area contributed by atoms with Crippen LogP contribution in [0.1, 0.15) is 11.1 Å². The van der Waals surface area contributed by atoms with Gasteiger partial charge < -0.3 is 16.8 Å². The van der Waals surface area contributed by atoms with E-state index in [-0.39, 0.29) is 5.95 Å². The minimum atomic E-state index is 0.198. The molecule has 5 nitrogen and oxygen atoms in total. The predicted molar refractivity (Wildman–Crippen MR) is 71.2 cm³/mol. The third kappa shape index (κ3) is 2.13. The lowest BCUT2D eigenvalue weighted by molar-refractivity contribution is 1.11. The summed E-state index contributed by atoms with van der Waals surface area (Å²) < 4.78 is 0. The maximum Gasteiger partial charge on any atom is 0.222 e. The van der Waals surface area contributed by atoms with E-state index in [1.807, 2.05) is 38.4 Å². The first-order chi connectivity index (χ1) is 8.11. The van der Waals surface area contributed by atoms with Crippen molar-refractivity contribution in [1.29, 1.82) is 0 Å². The lowest BCUT2D eigenvalue weighted by atomic mass is 10.1. The third-order valence-corrected chi connectivity index (χ3v) is 2.45. The zero-order valence-electron chi connectivity index (χ0n) is 9.86. The molecule has 0 bridgehead atoms. The molecular formula is C12H15N5. The van der Waals surface area contributed by atoms with Crippen molar-refractivity contribution in [2.24, 2.45) is 0 Å². The van der Waals surface area contributed by atoms with Crippen LogP contribution in [0.5, 0.6) is 0 Å². The number of aromatic nitrogens is 2. The highest BCUT2D eigenvalue weighted by Gasteiger charge is 2.07. The quantitative estimate of drug-likeness (QED) is 0.722. The molecule has 1 aromatic carbocycles. The molecular weight excluding hydrogens is 214 g/mol. The fourth-order valence-electron chi connectivity index (χ4n) is 1.79. The number of rotatable bonds is 2. The highest BCUT2D eigenvalue weighted by Crippen LogP contribution is 2.25. The molecule has 0 spiro atoms. The number of benzene rings is 1. The molecule has 5 N–H and O–H groups in total. The maximum atomic E-state index is 5.89. The maximum absolute atomic E-state index is 5.89. The Kier molecular flexibility index (Phi) is 2.82. The minimum absolute atomic E-state index is 0.198. The van der Waals surface area contributed by atoms with E-state index in [4.69, 9.17) is 11.5 Å². The summed E-state index contributed by atoms with van der Waals surface area (Å²) in [6.45, 7) is 2.00. The van der Waals surface area contributed by atoms with Gasteiger partial charge in [0.25, 0.3) is 0 Å². The van der Waals surface area contributed by atoms with Gasteiger partial charge in [-0.1, -0.05) is 6.07 Å². The van der Waals surface area contributed by atoms with E-state index in [0.717, 1.165) is 22.0 Å². The Bertz CT molecular complexity index is 584. The Hall–Kier alpha value is -2.30. The molecule has 0 amide bonds. The average Bonchev–Trinajstić information content (AvgIpc) is 2.24. The summed E-state index contributed by atoms with van der Waals surface area (Å²) in [7, 11) is 1.84. The molecule has 1 aromatic heterocycles. The molecule has 88 valence electrons. The molecule has 5 heteroatoms. The van der Waals surface area contributed by atoms with Crippen LogP contribution < -0.4 is 16.8 Å². The summed E-state index contributed by atoms with van der Waals surface area (Å²) in [5.74, 6) is 0.604. The second-order valence-electron chi connectivity index (χ2n) is 3.84. The predicted octanol–water partition coefficient (Wildman–Crippen LogP) is 1.29. The molecule has 2 rings (SSSR count). The van der Waals surface area contributed by atoms with Gasteiger partial charge in [-0.25, -0.2) is 4.98 Å². The topological polar surface area (TPSA) is 89.8 Å². The van der Waals surface area contributed by atoms with Crippen molar-refractivity contribution in [3.63, 3.8) is 0 Å². The van der Waals surface area contributed by atoms with Crippen molar-refractivity contribution >= 4 is 28.7 Å². The summed E-state index contributed by atoms with van der Waals surface area (Å²) >= 11 is 0. The summed E-state index contributed by atoms with van der Waals surface area (Å²) in [4.78, 5) is 8.19. The second kappa shape index (κ2) is 4.29. The van der Waals surface area contributed by atoms with Crippen LogP contribution in [-0.4, -0.2) is 17.0 Å². The Balaban J connectivity index is 2.78. The van der Waals surface area contributed by atoms with Crippen molar-refractivity contribution < 1.29 is 0 Å². The molecule has 0 fully saturated rings. The van der Waals surface area contributed by atoms with Crippen LogP contribution in [0.25, 0.3) is 17.0 Å². The number of hydrogen-bond acceptors (Lipinski definition) is 5. The Morgan fingerprint density at radius 3 is 2.71 bits per heavy atom. The first kappa shape index (κ1) is 11.2. The second-order valence-corrected chi connectivity index (χ2v) is 3.84. The van der Waals surface area contributed by atoms with Crippen LogP contribution >= 0.6 is 0 Å². The van der Waals surface area contributed by atoms with E-state index < -0.39 is 0 Å². The van der Waals surface area contributed by atoms with Crippen LogP contribution in [0.3, 0.4) is 0 Å². The highest BCUT2D eigenvalue weighted by atomic mass is 15.0. The molecule has 0 unspecified atom stereocenters. The summed E-state index contributed by atoms with van der Waals surface area (Å²) in [6.07, 6.45) is 3.77. The minimum Gasteiger partial charge on any atom is -0.394 e. The normalized spacial score (nSPS) is 11.2. The number of nitrogens with one attached hydrogen (secondary N) is 1. The van der Waals surface area contributed by atoms with Crippen molar-refractivity contribution in [3.05, 3.63) is 29.5 Å². The fraction of sp³-hybridized carbons (Fsp3) is 0.167. The first-order valence-electron chi connectivity index (χ1n) is 5.29. The van der Waals surface area contributed by atoms with Gasteiger partial charge in [0.05, 0.1) is 5.52 Å². The number of fused-ring (bicyclic) bond motifs is 1. The van der Waals surface area contributed by atoms with E-state index in [2.05, 4.69) is 15.3 Å². The van der Waals surface area contributed by atoms with E-state index in [1.54, 1.807) is 0 Å². The van der Waals surface area contributed by atoms with Crippen LogP contribution in [0.2, 0.25) is 0 Å². The van der Waals surface area contributed by atoms with Crippen molar-refractivity contribution in [3.8, 4) is 0 Å². The van der Waals surface area contributed by atoms with Gasteiger partial charge in [0.2, 0.25) is 5.95 Å². The molecule has 0 aliphatic heterocycles. The molecule has 0 saturated heterocycles. The van der Waals surface area contributed by atoms with Gasteiger partial charge in [-0.05, 0) is 36.4 Å². The van der Waals surface area contributed by atoms with Gasteiger partial charge in [-0.15, -0.1) is 0 Å². The van der Waals surface area contributed by atoms with Crippen LogP contribution in [0, 0.1) is 6.92 Å². The highest BCUT2D eigenvalue weighted by molar-refractivity contribution is 5.96. The number of nitrogen functional groups attached to an aromatic ring is 2. The van der Waals surface area contributed by atoms with Gasteiger partial charge in [0, 0.05) is 12.4 Å². The number of nitrogens with zero attached hydrogens (tertiary/aromatic N) is 2. The standard InChI is InChI=1S/C12H15N5/c1-7-5-8(3-4-15-2)10-9(6-7)16-12(14)17-11(10)13/h3-6,15H,1-2H3,(H4,13,14,16,17)/b4-3-. The van der Waals surface area contributed by atoms with Gasteiger partial charge in [0.15, 0.2) is 0 Å². The Morgan fingerprint density at radius 1 is 1.24 bits per heavy atom. The smallest absolute Gasteiger partial charge is 0.222 e. The van der Waals surface area contributed by atoms with Gasteiger partial charge >= 0.3 is 0 Å². The van der Waals surface area contributed by atoms with Gasteiger partial charge in [-0.2, -0.15) is 4.98 Å². The number of aryl methyl sites for hydroxylation is 1.